The lowest BCUT2D eigenvalue weighted by Gasteiger charge is -2.28. The summed E-state index contributed by atoms with van der Waals surface area (Å²) in [5, 5.41) is 0. The molecule has 1 aliphatic rings. The van der Waals surface area contributed by atoms with Gasteiger partial charge in [-0.25, -0.2) is 4.39 Å². The maximum Gasteiger partial charge on any atom is 0.417 e. The number of alkyl halides is 3. The van der Waals surface area contributed by atoms with Crippen molar-refractivity contribution in [3.8, 4) is 16.9 Å². The molecule has 0 fully saturated rings. The molecule has 0 saturated heterocycles. The van der Waals surface area contributed by atoms with Crippen molar-refractivity contribution in [2.75, 3.05) is 6.54 Å². The first-order valence-corrected chi connectivity index (χ1v) is 7.67. The smallest absolute Gasteiger partial charge is 0.417 e. The van der Waals surface area contributed by atoms with E-state index in [0.717, 1.165) is 12.1 Å². The van der Waals surface area contributed by atoms with E-state index < -0.39 is 17.6 Å². The van der Waals surface area contributed by atoms with Gasteiger partial charge in [0.05, 0.1) is 5.56 Å². The van der Waals surface area contributed by atoms with E-state index in [9.17, 15) is 17.6 Å². The topological polar surface area (TPSA) is 35.2 Å². The standard InChI is InChI=1S/C18H17F4NO/c1-10-3-2-4-15(18(20,21)22)16(10)14-8-12(19)7-11-5-6-13(9-23)24-17(11)14/h2-4,7-8,13H,5-6,9,23H2,1H3/t13-/m1/s1. The number of hydrogen-bond donors (Lipinski definition) is 1. The van der Waals surface area contributed by atoms with Crippen LogP contribution in [0.4, 0.5) is 17.6 Å². The van der Waals surface area contributed by atoms with Gasteiger partial charge in [-0.15, -0.1) is 0 Å². The van der Waals surface area contributed by atoms with Gasteiger partial charge in [-0.3, -0.25) is 0 Å². The number of halogens is 4. The Kier molecular flexibility index (Phi) is 4.25. The predicted molar refractivity (Wildman–Crippen MR) is 83.4 cm³/mol. The maximum atomic E-state index is 14.0. The van der Waals surface area contributed by atoms with Crippen LogP contribution >= 0.6 is 0 Å². The zero-order valence-corrected chi connectivity index (χ0v) is 13.1. The highest BCUT2D eigenvalue weighted by Gasteiger charge is 2.36. The zero-order chi connectivity index (χ0) is 17.5. The third-order valence-corrected chi connectivity index (χ3v) is 4.26. The summed E-state index contributed by atoms with van der Waals surface area (Å²) < 4.78 is 60.1. The molecule has 0 saturated carbocycles. The molecule has 2 nitrogen and oxygen atoms in total. The summed E-state index contributed by atoms with van der Waals surface area (Å²) in [4.78, 5) is 0. The van der Waals surface area contributed by atoms with Crippen LogP contribution in [0.3, 0.4) is 0 Å². The molecular formula is C18H17F4NO. The average molecular weight is 339 g/mol. The lowest BCUT2D eigenvalue weighted by molar-refractivity contribution is -0.137. The number of fused-ring (bicyclic) bond motifs is 1. The normalized spacial score (nSPS) is 17.3. The van der Waals surface area contributed by atoms with Crippen LogP contribution < -0.4 is 10.5 Å². The maximum absolute atomic E-state index is 14.0. The van der Waals surface area contributed by atoms with E-state index in [2.05, 4.69) is 0 Å². The highest BCUT2D eigenvalue weighted by Crippen LogP contribution is 2.45. The lowest BCUT2D eigenvalue weighted by atomic mass is 9.90. The van der Waals surface area contributed by atoms with Gasteiger partial charge in [0.2, 0.25) is 0 Å². The van der Waals surface area contributed by atoms with Gasteiger partial charge in [-0.05, 0) is 49.1 Å². The van der Waals surface area contributed by atoms with Crippen LogP contribution in [-0.4, -0.2) is 12.6 Å². The monoisotopic (exact) mass is 339 g/mol. The molecule has 0 aliphatic carbocycles. The lowest BCUT2D eigenvalue weighted by Crippen LogP contribution is -2.30. The molecule has 1 heterocycles. The molecule has 6 heteroatoms. The van der Waals surface area contributed by atoms with E-state index in [4.69, 9.17) is 10.5 Å². The summed E-state index contributed by atoms with van der Waals surface area (Å²) in [7, 11) is 0. The van der Waals surface area contributed by atoms with E-state index >= 15 is 0 Å². The Morgan fingerprint density at radius 2 is 2.00 bits per heavy atom. The van der Waals surface area contributed by atoms with Gasteiger partial charge in [-0.1, -0.05) is 12.1 Å². The van der Waals surface area contributed by atoms with Gasteiger partial charge in [-0.2, -0.15) is 13.2 Å². The Morgan fingerprint density at radius 3 is 2.67 bits per heavy atom. The fraction of sp³-hybridized carbons (Fsp3) is 0.333. The van der Waals surface area contributed by atoms with E-state index in [1.807, 2.05) is 0 Å². The Bertz CT molecular complexity index is 770. The minimum atomic E-state index is -4.54. The summed E-state index contributed by atoms with van der Waals surface area (Å²) >= 11 is 0. The molecule has 2 aromatic carbocycles. The third-order valence-electron chi connectivity index (χ3n) is 4.26. The predicted octanol–water partition coefficient (Wildman–Crippen LogP) is 4.47. The Morgan fingerprint density at radius 1 is 1.25 bits per heavy atom. The van der Waals surface area contributed by atoms with Crippen LogP contribution in [0.2, 0.25) is 0 Å². The number of hydrogen-bond acceptors (Lipinski definition) is 2. The molecule has 24 heavy (non-hydrogen) atoms. The summed E-state index contributed by atoms with van der Waals surface area (Å²) in [5.74, 6) is -0.271. The Balaban J connectivity index is 2.27. The highest BCUT2D eigenvalue weighted by molar-refractivity contribution is 5.78. The highest BCUT2D eigenvalue weighted by atomic mass is 19.4. The first-order chi connectivity index (χ1) is 11.3. The van der Waals surface area contributed by atoms with Crippen LogP contribution in [-0.2, 0) is 12.6 Å². The van der Waals surface area contributed by atoms with E-state index in [0.29, 0.717) is 29.7 Å². The molecule has 0 spiro atoms. The molecule has 128 valence electrons. The van der Waals surface area contributed by atoms with Gasteiger partial charge >= 0.3 is 6.18 Å². The second-order valence-corrected chi connectivity index (χ2v) is 5.95. The summed E-state index contributed by atoms with van der Waals surface area (Å²) in [5.41, 5.74) is 5.91. The number of rotatable bonds is 2. The molecule has 0 unspecified atom stereocenters. The molecule has 0 amide bonds. The minimum absolute atomic E-state index is 0.0431. The van der Waals surface area contributed by atoms with Crippen LogP contribution in [0.25, 0.3) is 11.1 Å². The second kappa shape index (κ2) is 6.09. The van der Waals surface area contributed by atoms with Crippen molar-refractivity contribution in [1.82, 2.24) is 0 Å². The fourth-order valence-electron chi connectivity index (χ4n) is 3.13. The van der Waals surface area contributed by atoms with Crippen LogP contribution in [0.15, 0.2) is 30.3 Å². The fourth-order valence-corrected chi connectivity index (χ4v) is 3.13. The molecule has 0 aromatic heterocycles. The van der Waals surface area contributed by atoms with Crippen molar-refractivity contribution in [3.63, 3.8) is 0 Å². The quantitative estimate of drug-likeness (QED) is 0.819. The van der Waals surface area contributed by atoms with Crippen LogP contribution in [0.1, 0.15) is 23.1 Å². The van der Waals surface area contributed by atoms with Crippen molar-refractivity contribution in [3.05, 3.63) is 52.8 Å². The van der Waals surface area contributed by atoms with Crippen LogP contribution in [0, 0.1) is 12.7 Å². The van der Waals surface area contributed by atoms with Crippen molar-refractivity contribution in [2.24, 2.45) is 5.73 Å². The first-order valence-electron chi connectivity index (χ1n) is 7.67. The Labute approximate surface area is 137 Å². The molecule has 3 rings (SSSR count). The minimum Gasteiger partial charge on any atom is -0.488 e. The van der Waals surface area contributed by atoms with Gasteiger partial charge in [0.25, 0.3) is 0 Å². The molecule has 2 N–H and O–H groups in total. The summed E-state index contributed by atoms with van der Waals surface area (Å²) in [6.45, 7) is 1.83. The molecule has 0 bridgehead atoms. The zero-order valence-electron chi connectivity index (χ0n) is 13.1. The van der Waals surface area contributed by atoms with Crippen LogP contribution in [0.5, 0.6) is 5.75 Å². The second-order valence-electron chi connectivity index (χ2n) is 5.95. The van der Waals surface area contributed by atoms with Crippen molar-refractivity contribution in [1.29, 1.82) is 0 Å². The average Bonchev–Trinajstić information content (AvgIpc) is 2.52. The van der Waals surface area contributed by atoms with Gasteiger partial charge < -0.3 is 10.5 Å². The van der Waals surface area contributed by atoms with E-state index in [-0.39, 0.29) is 23.8 Å². The third kappa shape index (κ3) is 2.98. The molecule has 1 aliphatic heterocycles. The molecule has 2 aromatic rings. The molecular weight excluding hydrogens is 322 g/mol. The summed E-state index contributed by atoms with van der Waals surface area (Å²) in [6.07, 6.45) is -3.68. The van der Waals surface area contributed by atoms with Gasteiger partial charge in [0, 0.05) is 17.7 Å². The van der Waals surface area contributed by atoms with E-state index in [1.165, 1.54) is 12.1 Å². The largest absolute Gasteiger partial charge is 0.488 e. The Hall–Kier alpha value is -2.08. The number of nitrogens with two attached hydrogens (primary N) is 1. The van der Waals surface area contributed by atoms with E-state index in [1.54, 1.807) is 13.0 Å². The van der Waals surface area contributed by atoms with Crippen molar-refractivity contribution < 1.29 is 22.3 Å². The van der Waals surface area contributed by atoms with Gasteiger partial charge in [0.1, 0.15) is 17.7 Å². The number of benzene rings is 2. The van der Waals surface area contributed by atoms with Crippen molar-refractivity contribution >= 4 is 0 Å². The van der Waals surface area contributed by atoms with Crippen molar-refractivity contribution in [2.45, 2.75) is 32.0 Å². The SMILES string of the molecule is Cc1cccc(C(F)(F)F)c1-c1cc(F)cc2c1O[C@@H](CN)CC2. The molecule has 0 radical (unpaired) electrons. The molecule has 1 atom stereocenters. The number of ether oxygens (including phenoxy) is 1. The summed E-state index contributed by atoms with van der Waals surface area (Å²) in [6, 6.07) is 6.34. The van der Waals surface area contributed by atoms with Gasteiger partial charge in [0.15, 0.2) is 0 Å². The number of aryl methyl sites for hydroxylation is 2. The first kappa shape index (κ1) is 16.8.